The van der Waals surface area contributed by atoms with Gasteiger partial charge in [0.05, 0.1) is 11.7 Å². The predicted molar refractivity (Wildman–Crippen MR) is 61.1 cm³/mol. The van der Waals surface area contributed by atoms with Crippen LogP contribution in [0.15, 0.2) is 24.4 Å². The van der Waals surface area contributed by atoms with E-state index in [1.54, 1.807) is 6.20 Å². The molecule has 0 unspecified atom stereocenters. The van der Waals surface area contributed by atoms with Crippen molar-refractivity contribution in [3.05, 3.63) is 35.1 Å². The maximum absolute atomic E-state index is 5.98. The number of H-pyrrole nitrogens is 1. The van der Waals surface area contributed by atoms with Gasteiger partial charge in [0.25, 0.3) is 0 Å². The Morgan fingerprint density at radius 3 is 3.00 bits per heavy atom. The molecule has 0 aliphatic rings. The van der Waals surface area contributed by atoms with Crippen molar-refractivity contribution < 1.29 is 0 Å². The van der Waals surface area contributed by atoms with Crippen LogP contribution in [0.4, 0.5) is 0 Å². The first-order valence-corrected chi connectivity index (χ1v) is 5.02. The summed E-state index contributed by atoms with van der Waals surface area (Å²) in [4.78, 5) is 4.32. The molecule has 0 aliphatic heterocycles. The van der Waals surface area contributed by atoms with Crippen LogP contribution in [0.1, 0.15) is 5.69 Å². The summed E-state index contributed by atoms with van der Waals surface area (Å²) in [5.74, 6) is 0. The summed E-state index contributed by atoms with van der Waals surface area (Å²) in [5.41, 5.74) is 2.86. The van der Waals surface area contributed by atoms with Gasteiger partial charge in [-0.3, -0.25) is 10.1 Å². The van der Waals surface area contributed by atoms with Crippen molar-refractivity contribution in [2.24, 2.45) is 0 Å². The van der Waals surface area contributed by atoms with Crippen molar-refractivity contribution in [3.63, 3.8) is 0 Å². The molecule has 0 bridgehead atoms. The number of halogens is 1. The molecule has 2 aromatic heterocycles. The van der Waals surface area contributed by atoms with Gasteiger partial charge in [-0.2, -0.15) is 5.10 Å². The molecule has 74 valence electrons. The van der Waals surface area contributed by atoms with Crippen LogP contribution in [0.2, 0.25) is 5.02 Å². The quantitative estimate of drug-likeness (QED) is 0.629. The standard InChI is InChI=1S/C11H8ClN3/c1-6-11-8-4-7(12)2-3-9(8)13-5-10(11)15-14-6/h2-5H,1H3,(H,14,15). The lowest BCUT2D eigenvalue weighted by molar-refractivity contribution is 1.07. The van der Waals surface area contributed by atoms with E-state index < -0.39 is 0 Å². The third-order valence-electron chi connectivity index (χ3n) is 2.53. The Morgan fingerprint density at radius 1 is 1.27 bits per heavy atom. The molecule has 0 amide bonds. The Morgan fingerprint density at radius 2 is 2.13 bits per heavy atom. The first-order chi connectivity index (χ1) is 7.25. The summed E-state index contributed by atoms with van der Waals surface area (Å²) in [5, 5.41) is 9.99. The maximum Gasteiger partial charge on any atom is 0.111 e. The summed E-state index contributed by atoms with van der Waals surface area (Å²) in [6, 6.07) is 5.69. The molecule has 0 radical (unpaired) electrons. The minimum absolute atomic E-state index is 0.720. The second-order valence-corrected chi connectivity index (χ2v) is 3.96. The normalized spacial score (nSPS) is 11.3. The third-order valence-corrected chi connectivity index (χ3v) is 2.76. The first-order valence-electron chi connectivity index (χ1n) is 4.64. The number of aryl methyl sites for hydroxylation is 1. The molecule has 3 rings (SSSR count). The molecular formula is C11H8ClN3. The van der Waals surface area contributed by atoms with Crippen LogP contribution in [-0.2, 0) is 0 Å². The zero-order valence-corrected chi connectivity index (χ0v) is 8.84. The topological polar surface area (TPSA) is 41.6 Å². The molecule has 15 heavy (non-hydrogen) atoms. The van der Waals surface area contributed by atoms with Crippen LogP contribution in [0.25, 0.3) is 21.8 Å². The van der Waals surface area contributed by atoms with Gasteiger partial charge in [0.2, 0.25) is 0 Å². The van der Waals surface area contributed by atoms with Crippen molar-refractivity contribution >= 4 is 33.4 Å². The molecule has 0 atom stereocenters. The van der Waals surface area contributed by atoms with E-state index in [9.17, 15) is 0 Å². The molecule has 0 aliphatic carbocycles. The summed E-state index contributed by atoms with van der Waals surface area (Å²) in [7, 11) is 0. The molecule has 3 nitrogen and oxygen atoms in total. The van der Waals surface area contributed by atoms with E-state index in [0.29, 0.717) is 0 Å². The Kier molecular flexibility index (Phi) is 1.70. The second-order valence-electron chi connectivity index (χ2n) is 3.53. The van der Waals surface area contributed by atoms with Gasteiger partial charge in [0.15, 0.2) is 0 Å². The van der Waals surface area contributed by atoms with Crippen LogP contribution in [0, 0.1) is 6.92 Å². The highest BCUT2D eigenvalue weighted by molar-refractivity contribution is 6.31. The number of pyridine rings is 1. The lowest BCUT2D eigenvalue weighted by Gasteiger charge is -1.99. The van der Waals surface area contributed by atoms with E-state index in [1.165, 1.54) is 0 Å². The summed E-state index contributed by atoms with van der Waals surface area (Å²) in [6.07, 6.45) is 1.77. The number of aromatic nitrogens is 3. The van der Waals surface area contributed by atoms with Crippen molar-refractivity contribution in [1.82, 2.24) is 15.2 Å². The van der Waals surface area contributed by atoms with Gasteiger partial charge in [-0.25, -0.2) is 0 Å². The van der Waals surface area contributed by atoms with Gasteiger partial charge in [-0.1, -0.05) is 11.6 Å². The molecule has 0 saturated heterocycles. The molecule has 3 aromatic rings. The van der Waals surface area contributed by atoms with Crippen LogP contribution < -0.4 is 0 Å². The zero-order valence-electron chi connectivity index (χ0n) is 8.08. The Labute approximate surface area is 91.1 Å². The van der Waals surface area contributed by atoms with Crippen molar-refractivity contribution in [2.75, 3.05) is 0 Å². The first kappa shape index (κ1) is 8.68. The molecule has 0 fully saturated rings. The van der Waals surface area contributed by atoms with E-state index in [-0.39, 0.29) is 0 Å². The van der Waals surface area contributed by atoms with E-state index in [0.717, 1.165) is 32.5 Å². The third kappa shape index (κ3) is 1.20. The number of hydrogen-bond acceptors (Lipinski definition) is 2. The predicted octanol–water partition coefficient (Wildman–Crippen LogP) is 3.07. The highest BCUT2D eigenvalue weighted by Crippen LogP contribution is 2.26. The summed E-state index contributed by atoms with van der Waals surface area (Å²) >= 11 is 5.98. The number of nitrogens with one attached hydrogen (secondary N) is 1. The van der Waals surface area contributed by atoms with Crippen LogP contribution in [-0.4, -0.2) is 15.2 Å². The van der Waals surface area contributed by atoms with Gasteiger partial charge < -0.3 is 0 Å². The maximum atomic E-state index is 5.98. The van der Waals surface area contributed by atoms with E-state index in [4.69, 9.17) is 11.6 Å². The van der Waals surface area contributed by atoms with Crippen LogP contribution in [0.5, 0.6) is 0 Å². The number of hydrogen-bond donors (Lipinski definition) is 1. The van der Waals surface area contributed by atoms with Gasteiger partial charge in [-0.15, -0.1) is 0 Å². The van der Waals surface area contributed by atoms with Crippen molar-refractivity contribution in [3.8, 4) is 0 Å². The van der Waals surface area contributed by atoms with E-state index in [2.05, 4.69) is 15.2 Å². The smallest absolute Gasteiger partial charge is 0.111 e. The number of fused-ring (bicyclic) bond motifs is 3. The average molecular weight is 218 g/mol. The molecule has 1 N–H and O–H groups in total. The highest BCUT2D eigenvalue weighted by Gasteiger charge is 2.07. The fraction of sp³-hybridized carbons (Fsp3) is 0.0909. The number of aromatic amines is 1. The Balaban J connectivity index is 2.61. The van der Waals surface area contributed by atoms with Gasteiger partial charge >= 0.3 is 0 Å². The van der Waals surface area contributed by atoms with Gasteiger partial charge in [0.1, 0.15) is 5.52 Å². The Bertz CT molecular complexity index is 657. The lowest BCUT2D eigenvalue weighted by atomic mass is 10.1. The SMILES string of the molecule is Cc1[nH]nc2cnc3ccc(Cl)cc3c12. The summed E-state index contributed by atoms with van der Waals surface area (Å²) < 4.78 is 0. The highest BCUT2D eigenvalue weighted by atomic mass is 35.5. The minimum Gasteiger partial charge on any atom is -0.282 e. The van der Waals surface area contributed by atoms with Gasteiger partial charge in [-0.05, 0) is 25.1 Å². The fourth-order valence-electron chi connectivity index (χ4n) is 1.83. The molecule has 2 heterocycles. The largest absolute Gasteiger partial charge is 0.282 e. The monoisotopic (exact) mass is 217 g/mol. The van der Waals surface area contributed by atoms with Crippen molar-refractivity contribution in [2.45, 2.75) is 6.92 Å². The second kappa shape index (κ2) is 2.94. The zero-order chi connectivity index (χ0) is 10.4. The van der Waals surface area contributed by atoms with Crippen LogP contribution >= 0.6 is 11.6 Å². The molecule has 1 aromatic carbocycles. The Hall–Kier alpha value is -1.61. The lowest BCUT2D eigenvalue weighted by Crippen LogP contribution is -1.80. The average Bonchev–Trinajstić information content (AvgIpc) is 2.60. The van der Waals surface area contributed by atoms with Gasteiger partial charge in [0, 0.05) is 21.5 Å². The molecule has 0 spiro atoms. The number of benzene rings is 1. The van der Waals surface area contributed by atoms with E-state index >= 15 is 0 Å². The summed E-state index contributed by atoms with van der Waals surface area (Å²) in [6.45, 7) is 2.00. The number of rotatable bonds is 0. The van der Waals surface area contributed by atoms with Crippen molar-refractivity contribution in [1.29, 1.82) is 0 Å². The fourth-order valence-corrected chi connectivity index (χ4v) is 2.01. The molecule has 4 heteroatoms. The van der Waals surface area contributed by atoms with Crippen LogP contribution in [0.3, 0.4) is 0 Å². The number of nitrogens with zero attached hydrogens (tertiary/aromatic N) is 2. The molecular weight excluding hydrogens is 210 g/mol. The van der Waals surface area contributed by atoms with E-state index in [1.807, 2.05) is 25.1 Å². The molecule has 0 saturated carbocycles. The minimum atomic E-state index is 0.720.